The first-order chi connectivity index (χ1) is 11.0. The van der Waals surface area contributed by atoms with Crippen LogP contribution in [0.4, 0.5) is 0 Å². The van der Waals surface area contributed by atoms with Crippen molar-refractivity contribution in [3.63, 3.8) is 0 Å². The second-order valence-electron chi connectivity index (χ2n) is 5.03. The zero-order valence-corrected chi connectivity index (χ0v) is 15.0. The summed E-state index contributed by atoms with van der Waals surface area (Å²) in [5.41, 5.74) is 6.00. The summed E-state index contributed by atoms with van der Waals surface area (Å²) in [6.07, 6.45) is 0.996. The van der Waals surface area contributed by atoms with Crippen molar-refractivity contribution in [2.75, 3.05) is 7.11 Å². The van der Waals surface area contributed by atoms with Crippen molar-refractivity contribution in [2.24, 2.45) is 5.10 Å². The monoisotopic (exact) mass is 374 g/mol. The van der Waals surface area contributed by atoms with Crippen molar-refractivity contribution < 1.29 is 9.53 Å². The molecule has 0 saturated carbocycles. The second kappa shape index (κ2) is 7.92. The average Bonchev–Trinajstić information content (AvgIpc) is 2.59. The molecule has 0 aliphatic rings. The van der Waals surface area contributed by atoms with E-state index in [1.807, 2.05) is 25.1 Å². The van der Waals surface area contributed by atoms with Gasteiger partial charge in [-0.25, -0.2) is 5.43 Å². The largest absolute Gasteiger partial charge is 0.496 e. The van der Waals surface area contributed by atoms with E-state index in [9.17, 15) is 4.79 Å². The van der Waals surface area contributed by atoms with E-state index < -0.39 is 0 Å². The fourth-order valence-electron chi connectivity index (χ4n) is 2.10. The third-order valence-corrected chi connectivity index (χ3v) is 4.00. The van der Waals surface area contributed by atoms with E-state index in [-0.39, 0.29) is 5.91 Å². The van der Waals surface area contributed by atoms with Crippen molar-refractivity contribution in [1.82, 2.24) is 5.43 Å². The van der Waals surface area contributed by atoms with Gasteiger partial charge in [0, 0.05) is 4.47 Å². The Morgan fingerprint density at radius 3 is 2.52 bits per heavy atom. The normalized spacial score (nSPS) is 11.2. The van der Waals surface area contributed by atoms with E-state index in [0.29, 0.717) is 11.3 Å². The van der Waals surface area contributed by atoms with Crippen molar-refractivity contribution in [3.05, 3.63) is 63.6 Å². The van der Waals surface area contributed by atoms with Gasteiger partial charge in [-0.2, -0.15) is 5.10 Å². The van der Waals surface area contributed by atoms with Crippen LogP contribution in [0.2, 0.25) is 0 Å². The number of nitrogens with one attached hydrogen (secondary N) is 1. The third kappa shape index (κ3) is 4.42. The van der Waals surface area contributed by atoms with Crippen LogP contribution in [0.5, 0.6) is 5.75 Å². The number of hydrogen-bond acceptors (Lipinski definition) is 3. The van der Waals surface area contributed by atoms with Gasteiger partial charge < -0.3 is 4.74 Å². The molecule has 5 heteroatoms. The lowest BCUT2D eigenvalue weighted by Gasteiger charge is -2.08. The number of rotatable bonds is 5. The quantitative estimate of drug-likeness (QED) is 0.630. The smallest absolute Gasteiger partial charge is 0.275 e. The fourth-order valence-corrected chi connectivity index (χ4v) is 2.46. The molecule has 0 spiro atoms. The molecule has 0 unspecified atom stereocenters. The van der Waals surface area contributed by atoms with Gasteiger partial charge in [-0.15, -0.1) is 0 Å². The molecular formula is C18H19BrN2O2. The number of nitrogens with zero attached hydrogens (tertiary/aromatic N) is 1. The van der Waals surface area contributed by atoms with Crippen LogP contribution in [0, 0.1) is 0 Å². The number of methoxy groups -OCH3 is 1. The second-order valence-corrected chi connectivity index (χ2v) is 5.95. The summed E-state index contributed by atoms with van der Waals surface area (Å²) in [5, 5.41) is 4.18. The van der Waals surface area contributed by atoms with Crippen LogP contribution in [-0.4, -0.2) is 18.7 Å². The van der Waals surface area contributed by atoms with Crippen LogP contribution in [-0.2, 0) is 6.42 Å². The van der Waals surface area contributed by atoms with Gasteiger partial charge in [0.15, 0.2) is 0 Å². The Labute approximate surface area is 144 Å². The molecule has 2 aromatic rings. The lowest BCUT2D eigenvalue weighted by atomic mass is 10.1. The molecule has 1 amide bonds. The highest BCUT2D eigenvalue weighted by Crippen LogP contribution is 2.22. The van der Waals surface area contributed by atoms with Crippen LogP contribution in [0.3, 0.4) is 0 Å². The predicted molar refractivity (Wildman–Crippen MR) is 96.2 cm³/mol. The number of carbonyl (C=O) groups excluding carboxylic acids is 1. The topological polar surface area (TPSA) is 50.7 Å². The Balaban J connectivity index is 2.15. The summed E-state index contributed by atoms with van der Waals surface area (Å²) in [5.74, 6) is 0.193. The van der Waals surface area contributed by atoms with Gasteiger partial charge in [-0.3, -0.25) is 4.79 Å². The minimum atomic E-state index is -0.312. The van der Waals surface area contributed by atoms with Crippen LogP contribution in [0.25, 0.3) is 0 Å². The summed E-state index contributed by atoms with van der Waals surface area (Å²) in [7, 11) is 1.53. The zero-order chi connectivity index (χ0) is 16.8. The Hall–Kier alpha value is -2.14. The van der Waals surface area contributed by atoms with Crippen molar-refractivity contribution in [3.8, 4) is 5.75 Å². The predicted octanol–water partition coefficient (Wildman–Crippen LogP) is 4.17. The molecule has 0 heterocycles. The van der Waals surface area contributed by atoms with Gasteiger partial charge in [0.2, 0.25) is 0 Å². The van der Waals surface area contributed by atoms with Gasteiger partial charge >= 0.3 is 0 Å². The van der Waals surface area contributed by atoms with Crippen LogP contribution in [0.15, 0.2) is 52.0 Å². The Bertz CT molecular complexity index is 724. The zero-order valence-electron chi connectivity index (χ0n) is 13.4. The lowest BCUT2D eigenvalue weighted by molar-refractivity contribution is 0.0951. The standard InChI is InChI=1S/C18H19BrN2O2/c1-4-13-5-7-14(8-6-13)12(2)20-21-18(22)16-11-15(19)9-10-17(16)23-3/h5-11H,4H2,1-3H3,(H,21,22)/b20-12-. The molecule has 2 aromatic carbocycles. The van der Waals surface area contributed by atoms with E-state index in [1.165, 1.54) is 12.7 Å². The summed E-state index contributed by atoms with van der Waals surface area (Å²) < 4.78 is 6.01. The van der Waals surface area contributed by atoms with Crippen molar-refractivity contribution in [2.45, 2.75) is 20.3 Å². The third-order valence-electron chi connectivity index (χ3n) is 3.51. The molecule has 4 nitrogen and oxygen atoms in total. The molecule has 0 radical (unpaired) electrons. The van der Waals surface area contributed by atoms with E-state index >= 15 is 0 Å². The van der Waals surface area contributed by atoms with Gasteiger partial charge in [-0.1, -0.05) is 47.1 Å². The first-order valence-electron chi connectivity index (χ1n) is 7.32. The highest BCUT2D eigenvalue weighted by Gasteiger charge is 2.12. The molecule has 0 aliphatic carbocycles. The summed E-state index contributed by atoms with van der Waals surface area (Å²) in [6, 6.07) is 13.4. The molecule has 120 valence electrons. The maximum Gasteiger partial charge on any atom is 0.275 e. The number of halogens is 1. The van der Waals surface area contributed by atoms with Crippen LogP contribution >= 0.6 is 15.9 Å². The first-order valence-corrected chi connectivity index (χ1v) is 8.12. The first kappa shape index (κ1) is 17.2. The number of amides is 1. The van der Waals surface area contributed by atoms with Crippen LogP contribution < -0.4 is 10.2 Å². The molecule has 1 N–H and O–H groups in total. The van der Waals surface area contributed by atoms with E-state index in [2.05, 4.69) is 45.5 Å². The molecule has 0 aliphatic heterocycles. The number of hydrogen-bond donors (Lipinski definition) is 1. The average molecular weight is 375 g/mol. The summed E-state index contributed by atoms with van der Waals surface area (Å²) in [6.45, 7) is 3.97. The molecule has 0 aromatic heterocycles. The molecular weight excluding hydrogens is 356 g/mol. The van der Waals surface area contributed by atoms with Gasteiger partial charge in [-0.05, 0) is 42.7 Å². The molecule has 0 saturated heterocycles. The molecule has 0 bridgehead atoms. The molecule has 0 atom stereocenters. The van der Waals surface area contributed by atoms with Crippen LogP contribution in [0.1, 0.15) is 35.3 Å². The fraction of sp³-hybridized carbons (Fsp3) is 0.222. The molecule has 2 rings (SSSR count). The summed E-state index contributed by atoms with van der Waals surface area (Å²) >= 11 is 3.35. The number of hydrazone groups is 1. The Kier molecular flexibility index (Phi) is 5.93. The van der Waals surface area contributed by atoms with Gasteiger partial charge in [0.05, 0.1) is 18.4 Å². The van der Waals surface area contributed by atoms with Crippen molar-refractivity contribution in [1.29, 1.82) is 0 Å². The number of carbonyl (C=O) groups is 1. The highest BCUT2D eigenvalue weighted by atomic mass is 79.9. The molecule has 23 heavy (non-hydrogen) atoms. The SMILES string of the molecule is CCc1ccc(/C(C)=N\NC(=O)c2cc(Br)ccc2OC)cc1. The maximum atomic E-state index is 12.3. The van der Waals surface area contributed by atoms with E-state index in [4.69, 9.17) is 4.74 Å². The van der Waals surface area contributed by atoms with Gasteiger partial charge in [0.1, 0.15) is 5.75 Å². The maximum absolute atomic E-state index is 12.3. The van der Waals surface area contributed by atoms with E-state index in [1.54, 1.807) is 12.1 Å². The van der Waals surface area contributed by atoms with Gasteiger partial charge in [0.25, 0.3) is 5.91 Å². The Morgan fingerprint density at radius 2 is 1.91 bits per heavy atom. The Morgan fingerprint density at radius 1 is 1.22 bits per heavy atom. The van der Waals surface area contributed by atoms with E-state index in [0.717, 1.165) is 22.2 Å². The minimum absolute atomic E-state index is 0.312. The number of ether oxygens (including phenoxy) is 1. The number of benzene rings is 2. The number of aryl methyl sites for hydroxylation is 1. The highest BCUT2D eigenvalue weighted by molar-refractivity contribution is 9.10. The van der Waals surface area contributed by atoms with Crippen molar-refractivity contribution >= 4 is 27.5 Å². The minimum Gasteiger partial charge on any atom is -0.496 e. The lowest BCUT2D eigenvalue weighted by Crippen LogP contribution is -2.20. The molecule has 0 fully saturated rings. The summed E-state index contributed by atoms with van der Waals surface area (Å²) in [4.78, 5) is 12.3.